The Hall–Kier alpha value is -4.15. The Morgan fingerprint density at radius 3 is 2.23 bits per heavy atom. The van der Waals surface area contributed by atoms with E-state index in [1.54, 1.807) is 0 Å². The van der Waals surface area contributed by atoms with E-state index in [9.17, 15) is 59.0 Å². The van der Waals surface area contributed by atoms with Gasteiger partial charge >= 0.3 is 12.4 Å². The number of nitrogens with one attached hydrogen (secondary N) is 1. The van der Waals surface area contributed by atoms with Crippen LogP contribution in [0, 0.1) is 17.5 Å². The van der Waals surface area contributed by atoms with Crippen molar-refractivity contribution < 1.29 is 54.2 Å². The number of carbonyl (C=O) groups excluding carboxylic acids is 2. The molecule has 1 saturated heterocycles. The first-order chi connectivity index (χ1) is 18.5. The first-order valence-electron chi connectivity index (χ1n) is 11.1. The van der Waals surface area contributed by atoms with Crippen molar-refractivity contribution in [1.29, 1.82) is 0 Å². The molecule has 2 N–H and O–H groups in total. The second kappa shape index (κ2) is 10.1. The summed E-state index contributed by atoms with van der Waals surface area (Å²) < 4.78 is 121. The lowest BCUT2D eigenvalue weighted by atomic mass is 10.1. The number of aliphatic hydroxyl groups is 1. The maximum absolute atomic E-state index is 14.7. The summed E-state index contributed by atoms with van der Waals surface area (Å²) in [6, 6.07) is -1.13. The molecule has 0 aliphatic carbocycles. The molecule has 2 atom stereocenters. The van der Waals surface area contributed by atoms with Crippen molar-refractivity contribution in [3.8, 4) is 5.69 Å². The van der Waals surface area contributed by atoms with E-state index in [1.165, 1.54) is 0 Å². The number of pyridine rings is 2. The van der Waals surface area contributed by atoms with Gasteiger partial charge in [-0.3, -0.25) is 23.9 Å². The maximum Gasteiger partial charge on any atom is 0.408 e. The molecule has 2 aromatic heterocycles. The standard InChI is InChI=1S/C23H15F9N4O4/c24-9-3-13(25)18(14(26)4-9)36-8-12(21(40)33-15(23(30,31)32)6-22(27,28)29)19(39)11-1-2-16(34-20(11)36)35-7-10(37)5-17(35)38/h1-4,8,10,15,37H,5-7H2,(H,33,40). The number of carbonyl (C=O) groups is 2. The Labute approximate surface area is 216 Å². The van der Waals surface area contributed by atoms with E-state index in [2.05, 4.69) is 4.98 Å². The van der Waals surface area contributed by atoms with Gasteiger partial charge in [0.25, 0.3) is 5.91 Å². The molecule has 0 saturated carbocycles. The molecule has 17 heteroatoms. The Kier molecular flexibility index (Phi) is 7.29. The quantitative estimate of drug-likeness (QED) is 0.449. The van der Waals surface area contributed by atoms with Gasteiger partial charge in [-0.1, -0.05) is 0 Å². The van der Waals surface area contributed by atoms with Crippen molar-refractivity contribution in [2.45, 2.75) is 37.3 Å². The highest BCUT2D eigenvalue weighted by Gasteiger charge is 2.47. The van der Waals surface area contributed by atoms with Gasteiger partial charge in [-0.25, -0.2) is 18.2 Å². The molecule has 0 radical (unpaired) electrons. The topological polar surface area (TPSA) is 105 Å². The first kappa shape index (κ1) is 28.8. The van der Waals surface area contributed by atoms with E-state index in [1.807, 2.05) is 0 Å². The van der Waals surface area contributed by atoms with Crippen molar-refractivity contribution in [2.24, 2.45) is 0 Å². The van der Waals surface area contributed by atoms with E-state index in [0.717, 1.165) is 22.3 Å². The number of fused-ring (bicyclic) bond motifs is 1. The largest absolute Gasteiger partial charge is 0.408 e. The van der Waals surface area contributed by atoms with Crippen LogP contribution < -0.4 is 15.6 Å². The van der Waals surface area contributed by atoms with Gasteiger partial charge in [-0.2, -0.15) is 26.3 Å². The molecule has 1 aliphatic rings. The fourth-order valence-corrected chi connectivity index (χ4v) is 4.07. The average Bonchev–Trinajstić information content (AvgIpc) is 3.15. The van der Waals surface area contributed by atoms with E-state index in [0.29, 0.717) is 10.8 Å². The number of aliphatic hydroxyl groups excluding tert-OH is 1. The molecule has 4 rings (SSSR count). The molecule has 0 spiro atoms. The van der Waals surface area contributed by atoms with Crippen LogP contribution in [0.5, 0.6) is 0 Å². The minimum absolute atomic E-state index is 0.204. The van der Waals surface area contributed by atoms with Gasteiger partial charge in [-0.15, -0.1) is 0 Å². The van der Waals surface area contributed by atoms with E-state index in [4.69, 9.17) is 0 Å². The van der Waals surface area contributed by atoms with Crippen molar-refractivity contribution >= 4 is 28.7 Å². The lowest BCUT2D eigenvalue weighted by molar-refractivity contribution is -0.199. The van der Waals surface area contributed by atoms with Crippen LogP contribution in [0.3, 0.4) is 0 Å². The maximum atomic E-state index is 14.7. The lowest BCUT2D eigenvalue weighted by Gasteiger charge is -2.23. The third-order valence-corrected chi connectivity index (χ3v) is 5.82. The average molecular weight is 582 g/mol. The molecular weight excluding hydrogens is 567 g/mol. The van der Waals surface area contributed by atoms with Crippen LogP contribution in [0.15, 0.2) is 35.3 Å². The van der Waals surface area contributed by atoms with Crippen LogP contribution in [-0.2, 0) is 4.79 Å². The van der Waals surface area contributed by atoms with Crippen LogP contribution in [-0.4, -0.2) is 57.5 Å². The molecule has 1 aromatic carbocycles. The van der Waals surface area contributed by atoms with Crippen LogP contribution in [0.1, 0.15) is 23.2 Å². The smallest absolute Gasteiger partial charge is 0.391 e. The molecule has 214 valence electrons. The van der Waals surface area contributed by atoms with Gasteiger partial charge < -0.3 is 10.4 Å². The number of hydrogen-bond acceptors (Lipinski definition) is 5. The Morgan fingerprint density at radius 1 is 1.07 bits per heavy atom. The molecule has 3 aromatic rings. The molecule has 3 heterocycles. The SMILES string of the molecule is O=C(NC(CC(F)(F)F)C(F)(F)F)c1cn(-c2c(F)cc(F)cc2F)c2nc(N3CC(O)CC3=O)ccc2c1=O. The van der Waals surface area contributed by atoms with Crippen LogP contribution in [0.4, 0.5) is 45.3 Å². The number of aromatic nitrogens is 2. The zero-order valence-electron chi connectivity index (χ0n) is 19.6. The van der Waals surface area contributed by atoms with Gasteiger partial charge in [0.05, 0.1) is 30.9 Å². The van der Waals surface area contributed by atoms with Gasteiger partial charge in [0.15, 0.2) is 17.3 Å². The Morgan fingerprint density at radius 2 is 1.70 bits per heavy atom. The number of β-amino-alcohol motifs (C(OH)–C–C–N with tert-alkyl or cyclic N) is 1. The molecule has 2 unspecified atom stereocenters. The number of rotatable bonds is 5. The number of nitrogens with zero attached hydrogens (tertiary/aromatic N) is 3. The molecular formula is C23H15F9N4O4. The third-order valence-electron chi connectivity index (χ3n) is 5.82. The van der Waals surface area contributed by atoms with Gasteiger partial charge in [0.1, 0.15) is 28.9 Å². The van der Waals surface area contributed by atoms with E-state index >= 15 is 0 Å². The highest BCUT2D eigenvalue weighted by atomic mass is 19.4. The number of benzene rings is 1. The second-order valence-corrected chi connectivity index (χ2v) is 8.75. The zero-order chi connectivity index (χ0) is 29.7. The summed E-state index contributed by atoms with van der Waals surface area (Å²) in [5, 5.41) is 10.2. The minimum atomic E-state index is -5.60. The normalized spacial score (nSPS) is 17.0. The molecule has 0 bridgehead atoms. The molecule has 40 heavy (non-hydrogen) atoms. The summed E-state index contributed by atoms with van der Waals surface area (Å²) in [6.07, 6.45) is -14.6. The highest BCUT2D eigenvalue weighted by Crippen LogP contribution is 2.31. The summed E-state index contributed by atoms with van der Waals surface area (Å²) in [4.78, 5) is 42.9. The van der Waals surface area contributed by atoms with Crippen molar-refractivity contribution in [3.63, 3.8) is 0 Å². The lowest BCUT2D eigenvalue weighted by Crippen LogP contribution is -2.48. The van der Waals surface area contributed by atoms with E-state index < -0.39 is 87.9 Å². The molecule has 8 nitrogen and oxygen atoms in total. The van der Waals surface area contributed by atoms with Crippen molar-refractivity contribution in [1.82, 2.24) is 14.9 Å². The number of amides is 2. The zero-order valence-corrected chi connectivity index (χ0v) is 19.6. The fourth-order valence-electron chi connectivity index (χ4n) is 4.07. The molecule has 1 fully saturated rings. The van der Waals surface area contributed by atoms with Crippen LogP contribution >= 0.6 is 0 Å². The minimum Gasteiger partial charge on any atom is -0.391 e. The summed E-state index contributed by atoms with van der Waals surface area (Å²) >= 11 is 0. The summed E-state index contributed by atoms with van der Waals surface area (Å²) in [6.45, 7) is -0.251. The predicted octanol–water partition coefficient (Wildman–Crippen LogP) is 3.51. The van der Waals surface area contributed by atoms with Gasteiger partial charge in [0.2, 0.25) is 11.3 Å². The summed E-state index contributed by atoms with van der Waals surface area (Å²) in [7, 11) is 0. The summed E-state index contributed by atoms with van der Waals surface area (Å²) in [5.41, 5.74) is -4.44. The fraction of sp³-hybridized carbons (Fsp3) is 0.304. The Bertz CT molecular complexity index is 1550. The highest BCUT2D eigenvalue weighted by molar-refractivity contribution is 5.99. The molecule has 1 aliphatic heterocycles. The Balaban J connectivity index is 1.93. The summed E-state index contributed by atoms with van der Waals surface area (Å²) in [5.74, 6) is -7.42. The monoisotopic (exact) mass is 582 g/mol. The van der Waals surface area contributed by atoms with Crippen molar-refractivity contribution in [2.75, 3.05) is 11.4 Å². The number of anilines is 1. The molecule has 2 amide bonds. The number of halogens is 9. The van der Waals surface area contributed by atoms with Gasteiger partial charge in [0, 0.05) is 18.3 Å². The predicted molar refractivity (Wildman–Crippen MR) is 118 cm³/mol. The van der Waals surface area contributed by atoms with E-state index in [-0.39, 0.29) is 30.9 Å². The van der Waals surface area contributed by atoms with Crippen molar-refractivity contribution in [3.05, 3.63) is 63.7 Å². The number of hydrogen-bond donors (Lipinski definition) is 2. The van der Waals surface area contributed by atoms with Crippen LogP contribution in [0.25, 0.3) is 16.7 Å². The number of alkyl halides is 6. The first-order valence-corrected chi connectivity index (χ1v) is 11.1. The third kappa shape index (κ3) is 5.73. The second-order valence-electron chi connectivity index (χ2n) is 8.75. The van der Waals surface area contributed by atoms with Gasteiger partial charge in [-0.05, 0) is 12.1 Å². The van der Waals surface area contributed by atoms with Crippen LogP contribution in [0.2, 0.25) is 0 Å².